The van der Waals surface area contributed by atoms with Gasteiger partial charge in [-0.3, -0.25) is 10.00 Å². The van der Waals surface area contributed by atoms with Gasteiger partial charge in [0.25, 0.3) is 0 Å². The van der Waals surface area contributed by atoms with Crippen molar-refractivity contribution in [2.75, 3.05) is 13.1 Å². The summed E-state index contributed by atoms with van der Waals surface area (Å²) in [5, 5.41) is 8.20. The third kappa shape index (κ3) is 3.07. The lowest BCUT2D eigenvalue weighted by Gasteiger charge is -2.31. The highest BCUT2D eigenvalue weighted by atomic mass is 35.5. The Balaban J connectivity index is 1.42. The molecular weight excluding hydrogens is 310 g/mol. The summed E-state index contributed by atoms with van der Waals surface area (Å²) in [4.78, 5) is 11.2. The molecule has 1 aliphatic rings. The van der Waals surface area contributed by atoms with Crippen molar-refractivity contribution in [2.24, 2.45) is 0 Å². The number of aromatic amines is 1. The van der Waals surface area contributed by atoms with Gasteiger partial charge < -0.3 is 0 Å². The van der Waals surface area contributed by atoms with Crippen LogP contribution in [0.5, 0.6) is 0 Å². The summed E-state index contributed by atoms with van der Waals surface area (Å²) < 4.78 is 0. The predicted octanol–water partition coefficient (Wildman–Crippen LogP) is 3.39. The molecule has 1 saturated heterocycles. The Morgan fingerprint density at radius 1 is 1.09 bits per heavy atom. The minimum absolute atomic E-state index is 0.484. The number of nitrogens with one attached hydrogen (secondary N) is 1. The van der Waals surface area contributed by atoms with Gasteiger partial charge >= 0.3 is 0 Å². The van der Waals surface area contributed by atoms with E-state index < -0.39 is 0 Å². The summed E-state index contributed by atoms with van der Waals surface area (Å²) in [6, 6.07) is 8.12. The van der Waals surface area contributed by atoms with Crippen LogP contribution in [-0.4, -0.2) is 38.2 Å². The highest BCUT2D eigenvalue weighted by Crippen LogP contribution is 2.30. The third-order valence-electron chi connectivity index (χ3n) is 4.53. The lowest BCUT2D eigenvalue weighted by Crippen LogP contribution is -2.32. The van der Waals surface area contributed by atoms with Crippen LogP contribution in [0.3, 0.4) is 0 Å². The first-order valence-corrected chi connectivity index (χ1v) is 8.29. The maximum absolute atomic E-state index is 5.94. The molecular formula is C17H18ClN5. The number of rotatable bonds is 3. The van der Waals surface area contributed by atoms with E-state index in [0.29, 0.717) is 11.6 Å². The predicted molar refractivity (Wildman–Crippen MR) is 90.4 cm³/mol. The second-order valence-electron chi connectivity index (χ2n) is 6.04. The molecule has 1 aromatic carbocycles. The van der Waals surface area contributed by atoms with Crippen LogP contribution in [0.25, 0.3) is 11.2 Å². The molecule has 0 bridgehead atoms. The molecule has 118 valence electrons. The van der Waals surface area contributed by atoms with E-state index in [1.54, 1.807) is 12.4 Å². The van der Waals surface area contributed by atoms with E-state index in [2.05, 4.69) is 37.2 Å². The van der Waals surface area contributed by atoms with Crippen molar-refractivity contribution >= 4 is 22.8 Å². The summed E-state index contributed by atoms with van der Waals surface area (Å²) in [7, 11) is 0. The molecule has 3 aromatic rings. The van der Waals surface area contributed by atoms with Gasteiger partial charge in [0, 0.05) is 29.9 Å². The van der Waals surface area contributed by atoms with Crippen molar-refractivity contribution in [2.45, 2.75) is 25.3 Å². The van der Waals surface area contributed by atoms with Gasteiger partial charge in [0.2, 0.25) is 0 Å². The molecule has 0 amide bonds. The van der Waals surface area contributed by atoms with Crippen molar-refractivity contribution in [1.29, 1.82) is 0 Å². The zero-order chi connectivity index (χ0) is 15.6. The molecule has 0 atom stereocenters. The first-order chi connectivity index (χ1) is 11.3. The van der Waals surface area contributed by atoms with E-state index in [4.69, 9.17) is 11.6 Å². The van der Waals surface area contributed by atoms with E-state index in [1.165, 1.54) is 5.56 Å². The number of benzene rings is 1. The first kappa shape index (κ1) is 14.6. The Kier molecular flexibility index (Phi) is 3.97. The van der Waals surface area contributed by atoms with E-state index in [1.807, 2.05) is 12.1 Å². The van der Waals surface area contributed by atoms with Crippen LogP contribution >= 0.6 is 11.6 Å². The Morgan fingerprint density at radius 3 is 2.61 bits per heavy atom. The molecule has 1 N–H and O–H groups in total. The van der Waals surface area contributed by atoms with Crippen LogP contribution < -0.4 is 0 Å². The van der Waals surface area contributed by atoms with Crippen LogP contribution in [0.15, 0.2) is 36.7 Å². The Morgan fingerprint density at radius 2 is 1.83 bits per heavy atom. The topological polar surface area (TPSA) is 57.7 Å². The average molecular weight is 328 g/mol. The lowest BCUT2D eigenvalue weighted by atomic mass is 9.93. The van der Waals surface area contributed by atoms with Gasteiger partial charge in [0.1, 0.15) is 5.52 Å². The molecule has 0 unspecified atom stereocenters. The molecule has 0 aliphatic carbocycles. The number of H-pyrrole nitrogens is 1. The van der Waals surface area contributed by atoms with Gasteiger partial charge in [0.05, 0.1) is 5.69 Å². The smallest absolute Gasteiger partial charge is 0.199 e. The molecule has 5 nitrogen and oxygen atoms in total. The second kappa shape index (κ2) is 6.26. The van der Waals surface area contributed by atoms with E-state index in [9.17, 15) is 0 Å². The van der Waals surface area contributed by atoms with Gasteiger partial charge in [-0.25, -0.2) is 9.97 Å². The summed E-state index contributed by atoms with van der Waals surface area (Å²) in [5.74, 6) is 0.484. The van der Waals surface area contributed by atoms with Crippen molar-refractivity contribution in [3.63, 3.8) is 0 Å². The summed E-state index contributed by atoms with van der Waals surface area (Å²) in [5.41, 5.74) is 4.08. The molecule has 23 heavy (non-hydrogen) atoms. The van der Waals surface area contributed by atoms with Crippen LogP contribution in [0.2, 0.25) is 5.02 Å². The highest BCUT2D eigenvalue weighted by molar-refractivity contribution is 6.30. The molecule has 1 aliphatic heterocycles. The fraction of sp³-hybridized carbons (Fsp3) is 0.353. The zero-order valence-corrected chi connectivity index (χ0v) is 13.5. The highest BCUT2D eigenvalue weighted by Gasteiger charge is 2.24. The number of hydrogen-bond donors (Lipinski definition) is 1. The average Bonchev–Trinajstić information content (AvgIpc) is 3.02. The number of halogens is 1. The monoisotopic (exact) mass is 327 g/mol. The fourth-order valence-electron chi connectivity index (χ4n) is 3.28. The SMILES string of the molecule is Clc1ccc(CN2CCC(c3[nH]nc4nccnc34)CC2)cc1. The van der Waals surface area contributed by atoms with Gasteiger partial charge in [0.15, 0.2) is 5.65 Å². The van der Waals surface area contributed by atoms with Crippen LogP contribution in [0.4, 0.5) is 0 Å². The van der Waals surface area contributed by atoms with Crippen LogP contribution in [0.1, 0.15) is 30.0 Å². The lowest BCUT2D eigenvalue weighted by molar-refractivity contribution is 0.203. The van der Waals surface area contributed by atoms with Crippen LogP contribution in [0, 0.1) is 0 Å². The summed E-state index contributed by atoms with van der Waals surface area (Å²) in [6.07, 6.45) is 5.64. The number of piperidine rings is 1. The standard InChI is InChI=1S/C17H18ClN5/c18-14-3-1-12(2-4-14)11-23-9-5-13(6-10-23)15-16-17(22-21-15)20-8-7-19-16/h1-4,7-8,13H,5-6,9-11H2,(H,20,21,22). The zero-order valence-electron chi connectivity index (χ0n) is 12.7. The first-order valence-electron chi connectivity index (χ1n) is 7.91. The maximum Gasteiger partial charge on any atom is 0.199 e. The van der Waals surface area contributed by atoms with Crippen molar-refractivity contribution in [3.05, 3.63) is 52.9 Å². The van der Waals surface area contributed by atoms with E-state index in [0.717, 1.165) is 48.7 Å². The minimum atomic E-state index is 0.484. The minimum Gasteiger partial charge on any atom is -0.299 e. The second-order valence-corrected chi connectivity index (χ2v) is 6.48. The van der Waals surface area contributed by atoms with Crippen molar-refractivity contribution in [3.8, 4) is 0 Å². The number of likely N-dealkylation sites (tertiary alicyclic amines) is 1. The normalized spacial score (nSPS) is 16.9. The molecule has 0 radical (unpaired) electrons. The number of aromatic nitrogens is 4. The van der Waals surface area contributed by atoms with Gasteiger partial charge in [-0.1, -0.05) is 23.7 Å². The van der Waals surface area contributed by atoms with E-state index in [-0.39, 0.29) is 0 Å². The quantitative estimate of drug-likeness (QED) is 0.801. The molecule has 1 fully saturated rings. The Hall–Kier alpha value is -1.98. The molecule has 0 spiro atoms. The van der Waals surface area contributed by atoms with Crippen molar-refractivity contribution in [1.82, 2.24) is 25.1 Å². The third-order valence-corrected chi connectivity index (χ3v) is 4.78. The van der Waals surface area contributed by atoms with E-state index >= 15 is 0 Å². The fourth-order valence-corrected chi connectivity index (χ4v) is 3.41. The Labute approximate surface area is 139 Å². The summed E-state index contributed by atoms with van der Waals surface area (Å²) in [6.45, 7) is 3.13. The van der Waals surface area contributed by atoms with Crippen molar-refractivity contribution < 1.29 is 0 Å². The molecule has 4 rings (SSSR count). The summed E-state index contributed by atoms with van der Waals surface area (Å²) >= 11 is 5.94. The molecule has 3 heterocycles. The Bertz CT molecular complexity index is 790. The molecule has 2 aromatic heterocycles. The largest absolute Gasteiger partial charge is 0.299 e. The van der Waals surface area contributed by atoms with Gasteiger partial charge in [-0.15, -0.1) is 0 Å². The molecule has 0 saturated carbocycles. The number of fused-ring (bicyclic) bond motifs is 1. The van der Waals surface area contributed by atoms with Gasteiger partial charge in [-0.05, 0) is 43.6 Å². The van der Waals surface area contributed by atoms with Gasteiger partial charge in [-0.2, -0.15) is 5.10 Å². The maximum atomic E-state index is 5.94. The number of nitrogens with zero attached hydrogens (tertiary/aromatic N) is 4. The molecule has 6 heteroatoms. The number of hydrogen-bond acceptors (Lipinski definition) is 4. The van der Waals surface area contributed by atoms with Crippen LogP contribution in [-0.2, 0) is 6.54 Å².